The highest BCUT2D eigenvalue weighted by Crippen LogP contribution is 2.29. The Balaban J connectivity index is 1.79. The molecule has 124 valence electrons. The van der Waals surface area contributed by atoms with Gasteiger partial charge in [-0.25, -0.2) is 9.78 Å². The molecular weight excluding hydrogens is 328 g/mol. The molecule has 0 radical (unpaired) electrons. The number of halogens is 1. The molecule has 0 fully saturated rings. The van der Waals surface area contributed by atoms with Crippen molar-refractivity contribution in [2.45, 2.75) is 26.4 Å². The first kappa shape index (κ1) is 16.3. The van der Waals surface area contributed by atoms with Gasteiger partial charge < -0.3 is 4.74 Å². The molecule has 7 heteroatoms. The van der Waals surface area contributed by atoms with Crippen LogP contribution < -0.4 is 5.32 Å². The van der Waals surface area contributed by atoms with E-state index in [0.29, 0.717) is 10.8 Å². The van der Waals surface area contributed by atoms with E-state index < -0.39 is 11.7 Å². The van der Waals surface area contributed by atoms with Gasteiger partial charge in [-0.2, -0.15) is 5.10 Å². The van der Waals surface area contributed by atoms with Crippen LogP contribution in [0, 0.1) is 0 Å². The fourth-order valence-corrected chi connectivity index (χ4v) is 2.50. The Morgan fingerprint density at radius 1 is 1.21 bits per heavy atom. The number of benzene rings is 1. The van der Waals surface area contributed by atoms with E-state index in [-0.39, 0.29) is 0 Å². The van der Waals surface area contributed by atoms with Gasteiger partial charge in [-0.15, -0.1) is 0 Å². The van der Waals surface area contributed by atoms with E-state index in [1.807, 2.05) is 18.2 Å². The third-order valence-electron chi connectivity index (χ3n) is 3.23. The van der Waals surface area contributed by atoms with E-state index in [0.717, 1.165) is 22.0 Å². The largest absolute Gasteiger partial charge is 0.444 e. The minimum Gasteiger partial charge on any atom is -0.444 e. The Bertz CT molecular complexity index is 882. The lowest BCUT2D eigenvalue weighted by molar-refractivity contribution is 0.0635. The first-order chi connectivity index (χ1) is 11.3. The summed E-state index contributed by atoms with van der Waals surface area (Å²) in [5, 5.41) is 11.0. The third kappa shape index (κ3) is 3.65. The summed E-state index contributed by atoms with van der Waals surface area (Å²) >= 11 is 6.25. The van der Waals surface area contributed by atoms with Gasteiger partial charge >= 0.3 is 6.09 Å². The summed E-state index contributed by atoms with van der Waals surface area (Å²) in [4.78, 5) is 16.0. The number of fused-ring (bicyclic) bond motifs is 1. The summed E-state index contributed by atoms with van der Waals surface area (Å²) in [5.41, 5.74) is 2.05. The molecule has 1 amide bonds. The first-order valence-corrected chi connectivity index (χ1v) is 7.79. The summed E-state index contributed by atoms with van der Waals surface area (Å²) < 4.78 is 5.19. The van der Waals surface area contributed by atoms with E-state index in [1.54, 1.807) is 39.2 Å². The average Bonchev–Trinajstić information content (AvgIpc) is 2.95. The van der Waals surface area contributed by atoms with Crippen LogP contribution in [0.4, 0.5) is 10.6 Å². The zero-order chi connectivity index (χ0) is 17.3. The Hall–Kier alpha value is -2.60. The van der Waals surface area contributed by atoms with Crippen LogP contribution >= 0.6 is 11.6 Å². The quantitative estimate of drug-likeness (QED) is 0.710. The van der Waals surface area contributed by atoms with Crippen LogP contribution in [0.15, 0.2) is 36.7 Å². The monoisotopic (exact) mass is 344 g/mol. The lowest BCUT2D eigenvalue weighted by Gasteiger charge is -2.19. The Labute approximate surface area is 144 Å². The topological polar surface area (TPSA) is 79.9 Å². The van der Waals surface area contributed by atoms with Crippen LogP contribution in [0.1, 0.15) is 20.8 Å². The molecule has 2 heterocycles. The van der Waals surface area contributed by atoms with Crippen LogP contribution in [-0.4, -0.2) is 26.9 Å². The summed E-state index contributed by atoms with van der Waals surface area (Å²) in [6.07, 6.45) is 2.85. The molecule has 1 aromatic carbocycles. The highest BCUT2D eigenvalue weighted by atomic mass is 35.5. The van der Waals surface area contributed by atoms with Gasteiger partial charge in [0.1, 0.15) is 11.4 Å². The standard InChI is InChI=1S/C17H17ClN4O2/c1-17(2,3)24-16(23)21-14-5-4-10(8-19-14)11-6-12-9-20-22-15(12)13(18)7-11/h4-9H,1-3H3,(H,20,22)(H,19,21,23). The minimum absolute atomic E-state index is 0.420. The van der Waals surface area contributed by atoms with E-state index in [4.69, 9.17) is 16.3 Å². The van der Waals surface area contributed by atoms with Crippen molar-refractivity contribution in [1.82, 2.24) is 15.2 Å². The smallest absolute Gasteiger partial charge is 0.413 e. The number of hydrogen-bond acceptors (Lipinski definition) is 4. The van der Waals surface area contributed by atoms with E-state index in [1.165, 1.54) is 0 Å². The fraction of sp³-hybridized carbons (Fsp3) is 0.235. The van der Waals surface area contributed by atoms with Crippen molar-refractivity contribution in [1.29, 1.82) is 0 Å². The van der Waals surface area contributed by atoms with Crippen molar-refractivity contribution >= 4 is 34.4 Å². The fourth-order valence-electron chi connectivity index (χ4n) is 2.23. The third-order valence-corrected chi connectivity index (χ3v) is 3.52. The van der Waals surface area contributed by atoms with Gasteiger partial charge in [-0.1, -0.05) is 11.6 Å². The number of carbonyl (C=O) groups excluding carboxylic acids is 1. The molecule has 0 saturated heterocycles. The Morgan fingerprint density at radius 3 is 2.67 bits per heavy atom. The summed E-state index contributed by atoms with van der Waals surface area (Å²) in [5.74, 6) is 0.420. The maximum atomic E-state index is 11.7. The first-order valence-electron chi connectivity index (χ1n) is 7.41. The lowest BCUT2D eigenvalue weighted by atomic mass is 10.1. The predicted octanol–water partition coefficient (Wildman–Crippen LogP) is 4.63. The van der Waals surface area contributed by atoms with Crippen molar-refractivity contribution in [2.24, 2.45) is 0 Å². The number of carbonyl (C=O) groups is 1. The molecule has 0 aliphatic heterocycles. The van der Waals surface area contributed by atoms with Crippen molar-refractivity contribution in [2.75, 3.05) is 5.32 Å². The maximum absolute atomic E-state index is 11.7. The van der Waals surface area contributed by atoms with Crippen LogP contribution in [0.3, 0.4) is 0 Å². The summed E-state index contributed by atoms with van der Waals surface area (Å²) in [6.45, 7) is 5.41. The second-order valence-corrected chi connectivity index (χ2v) is 6.76. The molecule has 0 bridgehead atoms. The highest BCUT2D eigenvalue weighted by Gasteiger charge is 2.16. The van der Waals surface area contributed by atoms with Crippen molar-refractivity contribution < 1.29 is 9.53 Å². The highest BCUT2D eigenvalue weighted by molar-refractivity contribution is 6.35. The number of anilines is 1. The number of pyridine rings is 1. The number of hydrogen-bond donors (Lipinski definition) is 2. The summed E-state index contributed by atoms with van der Waals surface area (Å²) in [6, 6.07) is 7.40. The Morgan fingerprint density at radius 2 is 2.00 bits per heavy atom. The van der Waals surface area contributed by atoms with Gasteiger partial charge in [0.25, 0.3) is 0 Å². The Kier molecular flexibility index (Phi) is 4.15. The minimum atomic E-state index is -0.555. The molecular formula is C17H17ClN4O2. The molecule has 2 aromatic heterocycles. The van der Waals surface area contributed by atoms with E-state index in [9.17, 15) is 4.79 Å². The number of aromatic amines is 1. The molecule has 2 N–H and O–H groups in total. The SMILES string of the molecule is CC(C)(C)OC(=O)Nc1ccc(-c2cc(Cl)c3[nH]ncc3c2)cn1. The maximum Gasteiger partial charge on any atom is 0.413 e. The number of ether oxygens (including phenoxy) is 1. The zero-order valence-corrected chi connectivity index (χ0v) is 14.3. The van der Waals surface area contributed by atoms with Gasteiger partial charge in [0.2, 0.25) is 0 Å². The number of nitrogens with one attached hydrogen (secondary N) is 2. The lowest BCUT2D eigenvalue weighted by Crippen LogP contribution is -2.27. The molecule has 0 spiro atoms. The number of aromatic nitrogens is 3. The second-order valence-electron chi connectivity index (χ2n) is 6.35. The van der Waals surface area contributed by atoms with Crippen LogP contribution in [0.25, 0.3) is 22.0 Å². The summed E-state index contributed by atoms with van der Waals surface area (Å²) in [7, 11) is 0. The molecule has 3 aromatic rings. The van der Waals surface area contributed by atoms with E-state index in [2.05, 4.69) is 20.5 Å². The molecule has 0 aliphatic carbocycles. The van der Waals surface area contributed by atoms with Crippen molar-refractivity contribution in [3.05, 3.63) is 41.7 Å². The van der Waals surface area contributed by atoms with Crippen LogP contribution in [0.5, 0.6) is 0 Å². The molecule has 0 aliphatic rings. The van der Waals surface area contributed by atoms with Crippen molar-refractivity contribution in [3.63, 3.8) is 0 Å². The predicted molar refractivity (Wildman–Crippen MR) is 94.2 cm³/mol. The second kappa shape index (κ2) is 6.13. The molecule has 3 rings (SSSR count). The number of nitrogens with zero attached hydrogens (tertiary/aromatic N) is 2. The van der Waals surface area contributed by atoms with Gasteiger partial charge in [0, 0.05) is 17.1 Å². The number of H-pyrrole nitrogens is 1. The van der Waals surface area contributed by atoms with Gasteiger partial charge in [-0.05, 0) is 50.6 Å². The van der Waals surface area contributed by atoms with Gasteiger partial charge in [0.05, 0.1) is 16.7 Å². The molecule has 24 heavy (non-hydrogen) atoms. The molecule has 0 unspecified atom stereocenters. The molecule has 0 saturated carbocycles. The van der Waals surface area contributed by atoms with Crippen LogP contribution in [0.2, 0.25) is 5.02 Å². The van der Waals surface area contributed by atoms with Gasteiger partial charge in [-0.3, -0.25) is 10.4 Å². The number of amides is 1. The van der Waals surface area contributed by atoms with Crippen molar-refractivity contribution in [3.8, 4) is 11.1 Å². The molecule has 6 nitrogen and oxygen atoms in total. The van der Waals surface area contributed by atoms with Gasteiger partial charge in [0.15, 0.2) is 0 Å². The van der Waals surface area contributed by atoms with Crippen LogP contribution in [-0.2, 0) is 4.74 Å². The van der Waals surface area contributed by atoms with E-state index >= 15 is 0 Å². The zero-order valence-electron chi connectivity index (χ0n) is 13.6. The number of rotatable bonds is 2. The average molecular weight is 345 g/mol. The normalized spacial score (nSPS) is 11.5. The molecule has 0 atom stereocenters.